The molecule has 0 atom stereocenters. The third-order valence-corrected chi connectivity index (χ3v) is 2.72. The number of hydrogen-bond acceptors (Lipinski definition) is 5. The molecule has 0 aliphatic heterocycles. The van der Waals surface area contributed by atoms with Gasteiger partial charge in [0.05, 0.1) is 11.2 Å². The number of hydrogen-bond donors (Lipinski definition) is 1. The Morgan fingerprint density at radius 3 is 2.89 bits per heavy atom. The van der Waals surface area contributed by atoms with E-state index in [-0.39, 0.29) is 0 Å². The van der Waals surface area contributed by atoms with Crippen molar-refractivity contribution in [1.82, 2.24) is 19.7 Å². The highest BCUT2D eigenvalue weighted by Crippen LogP contribution is 2.28. The standard InChI is InChI=1S/C13H13N5O/c1-18-8-15-13(17-18)19-12-6-9(7-14)16-11-5-3-2-4-10(11)12/h2-6,8H,7,14H2,1H3. The maximum absolute atomic E-state index is 5.72. The fourth-order valence-electron chi connectivity index (χ4n) is 1.85. The predicted molar refractivity (Wildman–Crippen MR) is 70.7 cm³/mol. The number of ether oxygens (including phenoxy) is 1. The van der Waals surface area contributed by atoms with E-state index < -0.39 is 0 Å². The second-order valence-corrected chi connectivity index (χ2v) is 4.14. The lowest BCUT2D eigenvalue weighted by Gasteiger charge is -2.07. The number of benzene rings is 1. The van der Waals surface area contributed by atoms with Crippen molar-refractivity contribution in [2.45, 2.75) is 6.54 Å². The van der Waals surface area contributed by atoms with Gasteiger partial charge in [0.25, 0.3) is 0 Å². The Balaban J connectivity index is 2.10. The third-order valence-electron chi connectivity index (χ3n) is 2.72. The average Bonchev–Trinajstić information content (AvgIpc) is 2.84. The molecule has 0 saturated heterocycles. The molecule has 0 aliphatic rings. The highest BCUT2D eigenvalue weighted by Gasteiger charge is 2.09. The van der Waals surface area contributed by atoms with Gasteiger partial charge < -0.3 is 10.5 Å². The zero-order valence-electron chi connectivity index (χ0n) is 10.4. The Morgan fingerprint density at radius 1 is 1.32 bits per heavy atom. The first kappa shape index (κ1) is 11.6. The van der Waals surface area contributed by atoms with E-state index in [2.05, 4.69) is 15.1 Å². The Bertz CT molecular complexity index is 722. The molecule has 2 N–H and O–H groups in total. The fourth-order valence-corrected chi connectivity index (χ4v) is 1.85. The molecular formula is C13H13N5O. The Labute approximate surface area is 109 Å². The van der Waals surface area contributed by atoms with E-state index in [4.69, 9.17) is 10.5 Å². The van der Waals surface area contributed by atoms with Crippen LogP contribution in [0.15, 0.2) is 36.7 Å². The molecular weight excluding hydrogens is 242 g/mol. The quantitative estimate of drug-likeness (QED) is 0.769. The van der Waals surface area contributed by atoms with Crippen molar-refractivity contribution in [1.29, 1.82) is 0 Å². The molecule has 96 valence electrons. The van der Waals surface area contributed by atoms with Crippen LogP contribution in [0.4, 0.5) is 0 Å². The minimum atomic E-state index is 0.307. The molecule has 2 heterocycles. The molecule has 19 heavy (non-hydrogen) atoms. The maximum atomic E-state index is 5.72. The van der Waals surface area contributed by atoms with Crippen LogP contribution in [0.25, 0.3) is 10.9 Å². The molecule has 3 aromatic rings. The van der Waals surface area contributed by atoms with Crippen LogP contribution in [0.5, 0.6) is 11.8 Å². The van der Waals surface area contributed by atoms with Gasteiger partial charge in [-0.05, 0) is 12.1 Å². The first-order chi connectivity index (χ1) is 9.26. The minimum absolute atomic E-state index is 0.307. The van der Waals surface area contributed by atoms with Crippen LogP contribution in [0.1, 0.15) is 5.69 Å². The van der Waals surface area contributed by atoms with E-state index in [0.717, 1.165) is 16.6 Å². The van der Waals surface area contributed by atoms with Crippen LogP contribution in [0.2, 0.25) is 0 Å². The van der Waals surface area contributed by atoms with Gasteiger partial charge in [0.2, 0.25) is 0 Å². The number of rotatable bonds is 3. The number of aryl methyl sites for hydroxylation is 1. The summed E-state index contributed by atoms with van der Waals surface area (Å²) in [6.45, 7) is 0.358. The molecule has 0 aliphatic carbocycles. The highest BCUT2D eigenvalue weighted by molar-refractivity contribution is 5.85. The van der Waals surface area contributed by atoms with Crippen molar-refractivity contribution in [3.8, 4) is 11.8 Å². The van der Waals surface area contributed by atoms with E-state index >= 15 is 0 Å². The van der Waals surface area contributed by atoms with Crippen molar-refractivity contribution in [2.75, 3.05) is 0 Å². The molecule has 1 aromatic carbocycles. The summed E-state index contributed by atoms with van der Waals surface area (Å²) >= 11 is 0. The summed E-state index contributed by atoms with van der Waals surface area (Å²) in [4.78, 5) is 8.50. The van der Waals surface area contributed by atoms with Gasteiger partial charge in [-0.15, -0.1) is 5.10 Å². The van der Waals surface area contributed by atoms with Crippen LogP contribution in [-0.4, -0.2) is 19.7 Å². The van der Waals surface area contributed by atoms with Gasteiger partial charge in [0.15, 0.2) is 0 Å². The number of nitrogens with two attached hydrogens (primary N) is 1. The monoisotopic (exact) mass is 255 g/mol. The van der Waals surface area contributed by atoms with E-state index in [1.165, 1.54) is 0 Å². The smallest absolute Gasteiger partial charge is 0.341 e. The van der Waals surface area contributed by atoms with Crippen molar-refractivity contribution in [3.63, 3.8) is 0 Å². The van der Waals surface area contributed by atoms with Gasteiger partial charge in [-0.1, -0.05) is 12.1 Å². The summed E-state index contributed by atoms with van der Waals surface area (Å²) in [7, 11) is 1.79. The largest absolute Gasteiger partial charge is 0.422 e. The maximum Gasteiger partial charge on any atom is 0.341 e. The Morgan fingerprint density at radius 2 is 2.16 bits per heavy atom. The van der Waals surface area contributed by atoms with Gasteiger partial charge in [-0.2, -0.15) is 4.98 Å². The molecule has 0 bridgehead atoms. The zero-order chi connectivity index (χ0) is 13.2. The molecule has 0 unspecified atom stereocenters. The number of fused-ring (bicyclic) bond motifs is 1. The van der Waals surface area contributed by atoms with Gasteiger partial charge in [-0.25, -0.2) is 0 Å². The Kier molecular flexibility index (Phi) is 2.85. The van der Waals surface area contributed by atoms with E-state index in [1.54, 1.807) is 18.1 Å². The molecule has 6 heteroatoms. The molecule has 0 amide bonds. The molecule has 3 rings (SSSR count). The molecule has 0 fully saturated rings. The van der Waals surface area contributed by atoms with E-state index in [9.17, 15) is 0 Å². The molecule has 0 radical (unpaired) electrons. The number of para-hydroxylation sites is 1. The van der Waals surface area contributed by atoms with Crippen molar-refractivity contribution >= 4 is 10.9 Å². The van der Waals surface area contributed by atoms with Crippen molar-refractivity contribution in [3.05, 3.63) is 42.4 Å². The molecule has 0 saturated carbocycles. The summed E-state index contributed by atoms with van der Waals surface area (Å²) in [5.74, 6) is 0.664. The lowest BCUT2D eigenvalue weighted by molar-refractivity contribution is 0.443. The van der Waals surface area contributed by atoms with Crippen molar-refractivity contribution in [2.24, 2.45) is 12.8 Å². The van der Waals surface area contributed by atoms with Crippen LogP contribution in [0.3, 0.4) is 0 Å². The first-order valence-corrected chi connectivity index (χ1v) is 5.88. The molecule has 0 spiro atoms. The van der Waals surface area contributed by atoms with Crippen LogP contribution in [-0.2, 0) is 13.6 Å². The Hall–Kier alpha value is -2.47. The first-order valence-electron chi connectivity index (χ1n) is 5.88. The van der Waals surface area contributed by atoms with Crippen LogP contribution in [0, 0.1) is 0 Å². The second-order valence-electron chi connectivity index (χ2n) is 4.14. The lowest BCUT2D eigenvalue weighted by atomic mass is 10.2. The highest BCUT2D eigenvalue weighted by atomic mass is 16.5. The van der Waals surface area contributed by atoms with Gasteiger partial charge in [-0.3, -0.25) is 9.67 Å². The van der Waals surface area contributed by atoms with Crippen LogP contribution < -0.4 is 10.5 Å². The number of pyridine rings is 1. The normalized spacial score (nSPS) is 10.8. The van der Waals surface area contributed by atoms with E-state index in [0.29, 0.717) is 18.3 Å². The molecule has 2 aromatic heterocycles. The summed E-state index contributed by atoms with van der Waals surface area (Å²) in [5, 5.41) is 5.01. The average molecular weight is 255 g/mol. The van der Waals surface area contributed by atoms with Crippen LogP contribution >= 0.6 is 0 Å². The van der Waals surface area contributed by atoms with Gasteiger partial charge >= 0.3 is 6.01 Å². The summed E-state index contributed by atoms with van der Waals surface area (Å²) in [5.41, 5.74) is 7.27. The summed E-state index contributed by atoms with van der Waals surface area (Å²) in [6, 6.07) is 9.86. The van der Waals surface area contributed by atoms with Gasteiger partial charge in [0.1, 0.15) is 12.1 Å². The topological polar surface area (TPSA) is 78.9 Å². The zero-order valence-corrected chi connectivity index (χ0v) is 10.4. The number of aromatic nitrogens is 4. The summed E-state index contributed by atoms with van der Waals surface area (Å²) < 4.78 is 7.30. The van der Waals surface area contributed by atoms with Gasteiger partial charge in [0, 0.05) is 25.0 Å². The van der Waals surface area contributed by atoms with Crippen molar-refractivity contribution < 1.29 is 4.74 Å². The second kappa shape index (κ2) is 4.66. The van der Waals surface area contributed by atoms with E-state index in [1.807, 2.05) is 30.3 Å². The predicted octanol–water partition coefficient (Wildman–Crippen LogP) is 1.61. The fraction of sp³-hybridized carbons (Fsp3) is 0.154. The third kappa shape index (κ3) is 2.25. The lowest BCUT2D eigenvalue weighted by Crippen LogP contribution is -2.01. The number of nitrogens with zero attached hydrogens (tertiary/aromatic N) is 4. The SMILES string of the molecule is Cn1cnc(Oc2cc(CN)nc3ccccc23)n1. The minimum Gasteiger partial charge on any atom is -0.422 e. The summed E-state index contributed by atoms with van der Waals surface area (Å²) in [6.07, 6.45) is 1.59. The molecule has 6 nitrogen and oxygen atoms in total.